The van der Waals surface area contributed by atoms with Crippen molar-refractivity contribution in [2.24, 2.45) is 0 Å². The minimum Gasteiger partial charge on any atom is -0.508 e. The number of ether oxygens (including phenoxy) is 2. The summed E-state index contributed by atoms with van der Waals surface area (Å²) >= 11 is 0. The van der Waals surface area contributed by atoms with Crippen LogP contribution in [-0.2, 0) is 9.53 Å². The van der Waals surface area contributed by atoms with Gasteiger partial charge in [-0.2, -0.15) is 0 Å². The summed E-state index contributed by atoms with van der Waals surface area (Å²) in [6.45, 7) is 0. The van der Waals surface area contributed by atoms with E-state index in [0.29, 0.717) is 0 Å². The van der Waals surface area contributed by atoms with Crippen LogP contribution in [0.4, 0.5) is 0 Å². The maximum Gasteiger partial charge on any atom is 0.335 e. The third-order valence-electron chi connectivity index (χ3n) is 5.20. The molecule has 4 rings (SSSR count). The van der Waals surface area contributed by atoms with E-state index < -0.39 is 82.0 Å². The summed E-state index contributed by atoms with van der Waals surface area (Å²) in [4.78, 5) is 24.6. The molecule has 13 heteroatoms. The number of benzene rings is 2. The fourth-order valence-electron chi connectivity index (χ4n) is 3.50. The number of rotatable bonds is 4. The third kappa shape index (κ3) is 3.82. The molecule has 2 heterocycles. The summed E-state index contributed by atoms with van der Waals surface area (Å²) in [6.07, 6.45) is -10.1. The Morgan fingerprint density at radius 2 is 1.59 bits per heavy atom. The fraction of sp³-hybridized carbons (Fsp3) is 0.238. The predicted molar refractivity (Wildman–Crippen MR) is 110 cm³/mol. The quantitative estimate of drug-likeness (QED) is 0.223. The number of carboxylic acid groups (broad SMARTS) is 1. The molecule has 0 spiro atoms. The summed E-state index contributed by atoms with van der Waals surface area (Å²) < 4.78 is 16.1. The zero-order valence-corrected chi connectivity index (χ0v) is 16.9. The normalized spacial score (nSPS) is 24.7. The molecule has 1 fully saturated rings. The molecule has 2 aromatic carbocycles. The molecule has 0 unspecified atom stereocenters. The van der Waals surface area contributed by atoms with Gasteiger partial charge in [-0.3, -0.25) is 4.79 Å². The lowest BCUT2D eigenvalue weighted by Crippen LogP contribution is -2.61. The van der Waals surface area contributed by atoms with E-state index in [1.807, 2.05) is 0 Å². The van der Waals surface area contributed by atoms with E-state index in [1.54, 1.807) is 0 Å². The monoisotopic (exact) mass is 478 g/mol. The van der Waals surface area contributed by atoms with E-state index in [9.17, 15) is 50.4 Å². The van der Waals surface area contributed by atoms with Crippen LogP contribution in [0.3, 0.4) is 0 Å². The minimum absolute atomic E-state index is 0.0483. The molecular weight excluding hydrogens is 460 g/mol. The Bertz CT molecular complexity index is 1330. The number of hydrogen-bond acceptors (Lipinski definition) is 12. The molecule has 34 heavy (non-hydrogen) atoms. The Morgan fingerprint density at radius 1 is 0.882 bits per heavy atom. The van der Waals surface area contributed by atoms with Gasteiger partial charge in [0, 0.05) is 17.7 Å². The number of carboxylic acids is 1. The standard InChI is InChI=1S/C21H18O13/c22-7-4-10(25)12-11(5-7)32-17(6-1-2-8(23)9(24)3-6)18(13(12)26)33-21-16(29)14(27)15(28)19(34-21)20(30)31/h1-5,14-16,19,21-25,27-29H,(H,30,31)/t14-,15+,16-,19-,21-/m1/s1. The third-order valence-corrected chi connectivity index (χ3v) is 5.20. The van der Waals surface area contributed by atoms with Gasteiger partial charge in [-0.05, 0) is 18.2 Å². The van der Waals surface area contributed by atoms with Gasteiger partial charge in [0.1, 0.15) is 40.8 Å². The molecule has 5 atom stereocenters. The van der Waals surface area contributed by atoms with Gasteiger partial charge < -0.3 is 54.7 Å². The van der Waals surface area contributed by atoms with Crippen LogP contribution in [0.15, 0.2) is 39.5 Å². The number of carbonyl (C=O) groups is 1. The van der Waals surface area contributed by atoms with Crippen molar-refractivity contribution < 1.29 is 59.5 Å². The number of aliphatic hydroxyl groups excluding tert-OH is 3. The number of aliphatic hydroxyl groups is 3. The van der Waals surface area contributed by atoms with Crippen LogP contribution in [0.2, 0.25) is 0 Å². The number of fused-ring (bicyclic) bond motifs is 1. The highest BCUT2D eigenvalue weighted by Crippen LogP contribution is 2.39. The van der Waals surface area contributed by atoms with Crippen LogP contribution in [0, 0.1) is 0 Å². The van der Waals surface area contributed by atoms with Gasteiger partial charge in [0.25, 0.3) is 0 Å². The zero-order valence-electron chi connectivity index (χ0n) is 16.9. The average Bonchev–Trinajstić information content (AvgIpc) is 2.76. The summed E-state index contributed by atoms with van der Waals surface area (Å²) in [6, 6.07) is 5.13. The molecule has 1 saturated heterocycles. The topological polar surface area (TPSA) is 228 Å². The summed E-state index contributed by atoms with van der Waals surface area (Å²) in [5.41, 5.74) is -1.40. The Kier molecular flexibility index (Phi) is 5.70. The Labute approximate surface area is 188 Å². The molecule has 0 amide bonds. The summed E-state index contributed by atoms with van der Waals surface area (Å²) in [5.74, 6) is -5.11. The summed E-state index contributed by atoms with van der Waals surface area (Å²) in [5, 5.41) is 78.3. The lowest BCUT2D eigenvalue weighted by atomic mass is 9.99. The van der Waals surface area contributed by atoms with E-state index in [-0.39, 0.29) is 11.1 Å². The highest BCUT2D eigenvalue weighted by atomic mass is 16.7. The van der Waals surface area contributed by atoms with Crippen LogP contribution in [0.1, 0.15) is 0 Å². The molecule has 1 aliphatic heterocycles. The lowest BCUT2D eigenvalue weighted by Gasteiger charge is -2.38. The maximum atomic E-state index is 13.2. The molecular formula is C21H18O13. The highest BCUT2D eigenvalue weighted by Gasteiger charge is 2.48. The molecule has 0 radical (unpaired) electrons. The zero-order chi connectivity index (χ0) is 24.9. The fourth-order valence-corrected chi connectivity index (χ4v) is 3.50. The Balaban J connectivity index is 1.91. The molecule has 13 nitrogen and oxygen atoms in total. The van der Waals surface area contributed by atoms with Gasteiger partial charge in [-0.1, -0.05) is 0 Å². The first-order valence-electron chi connectivity index (χ1n) is 9.64. The lowest BCUT2D eigenvalue weighted by molar-refractivity contribution is -0.271. The average molecular weight is 478 g/mol. The van der Waals surface area contributed by atoms with Crippen LogP contribution in [0.5, 0.6) is 28.7 Å². The molecule has 1 aromatic heterocycles. The van der Waals surface area contributed by atoms with Crippen LogP contribution >= 0.6 is 0 Å². The second-order valence-electron chi connectivity index (χ2n) is 7.48. The minimum atomic E-state index is -2.03. The van der Waals surface area contributed by atoms with Crippen LogP contribution < -0.4 is 10.2 Å². The van der Waals surface area contributed by atoms with Crippen LogP contribution in [0.25, 0.3) is 22.3 Å². The van der Waals surface area contributed by atoms with Crippen molar-refractivity contribution in [1.82, 2.24) is 0 Å². The van der Waals surface area contributed by atoms with Gasteiger partial charge in [0.05, 0.1) is 0 Å². The van der Waals surface area contributed by atoms with Gasteiger partial charge in [0.2, 0.25) is 17.5 Å². The van der Waals surface area contributed by atoms with Crippen molar-refractivity contribution in [3.05, 3.63) is 40.6 Å². The van der Waals surface area contributed by atoms with Gasteiger partial charge in [-0.25, -0.2) is 4.79 Å². The van der Waals surface area contributed by atoms with E-state index >= 15 is 0 Å². The predicted octanol–water partition coefficient (Wildman–Crippen LogP) is -0.447. The first kappa shape index (κ1) is 23.1. The molecule has 8 N–H and O–H groups in total. The molecule has 1 aliphatic rings. The van der Waals surface area contributed by atoms with Crippen molar-refractivity contribution >= 4 is 16.9 Å². The van der Waals surface area contributed by atoms with Crippen molar-refractivity contribution in [1.29, 1.82) is 0 Å². The Morgan fingerprint density at radius 3 is 2.24 bits per heavy atom. The van der Waals surface area contributed by atoms with Crippen molar-refractivity contribution in [3.63, 3.8) is 0 Å². The molecule has 0 aliphatic carbocycles. The second-order valence-corrected chi connectivity index (χ2v) is 7.48. The smallest absolute Gasteiger partial charge is 0.335 e. The van der Waals surface area contributed by atoms with Gasteiger partial charge in [0.15, 0.2) is 23.4 Å². The number of aromatic hydroxyl groups is 4. The first-order valence-corrected chi connectivity index (χ1v) is 9.64. The SMILES string of the molecule is O=C(O)[C@@H]1O[C@@H](Oc2c(-c3ccc(O)c(O)c3)oc3cc(O)cc(O)c3c2=O)[C@H](O)[C@H](O)[C@@H]1O. The van der Waals surface area contributed by atoms with Gasteiger partial charge >= 0.3 is 5.97 Å². The van der Waals surface area contributed by atoms with E-state index in [0.717, 1.165) is 24.3 Å². The number of phenolic OH excluding ortho intramolecular Hbond substituents is 4. The largest absolute Gasteiger partial charge is 0.508 e. The number of phenols is 4. The maximum absolute atomic E-state index is 13.2. The first-order chi connectivity index (χ1) is 16.0. The number of aliphatic carboxylic acids is 1. The van der Waals surface area contributed by atoms with Crippen molar-refractivity contribution in [2.45, 2.75) is 30.7 Å². The van der Waals surface area contributed by atoms with E-state index in [4.69, 9.17) is 13.9 Å². The number of hydrogen-bond donors (Lipinski definition) is 8. The van der Waals surface area contributed by atoms with Crippen molar-refractivity contribution in [3.8, 4) is 40.1 Å². The van der Waals surface area contributed by atoms with Crippen molar-refractivity contribution in [2.75, 3.05) is 0 Å². The molecule has 0 saturated carbocycles. The molecule has 180 valence electrons. The Hall–Kier alpha value is -4.04. The van der Waals surface area contributed by atoms with E-state index in [2.05, 4.69) is 0 Å². The van der Waals surface area contributed by atoms with Crippen LogP contribution in [-0.4, -0.2) is 77.5 Å². The molecule has 0 bridgehead atoms. The summed E-state index contributed by atoms with van der Waals surface area (Å²) in [7, 11) is 0. The van der Waals surface area contributed by atoms with Gasteiger partial charge in [-0.15, -0.1) is 0 Å². The van der Waals surface area contributed by atoms with E-state index in [1.165, 1.54) is 6.07 Å². The highest BCUT2D eigenvalue weighted by molar-refractivity contribution is 5.88. The molecule has 3 aromatic rings. The second kappa shape index (κ2) is 8.39.